The zero-order valence-electron chi connectivity index (χ0n) is 13.3. The largest absolute Gasteiger partial charge is 0.322 e. The molecule has 0 fully saturated rings. The molecule has 0 bridgehead atoms. The Balaban J connectivity index is 2.02. The maximum atomic E-state index is 11.8. The SMILES string of the molecule is CN1C(=O)CCc2cc(-c3cncc(C(C)(C)N)c3)ccc21. The summed E-state index contributed by atoms with van der Waals surface area (Å²) in [6, 6.07) is 8.30. The maximum absolute atomic E-state index is 11.8. The van der Waals surface area contributed by atoms with Gasteiger partial charge in [0.15, 0.2) is 0 Å². The predicted molar refractivity (Wildman–Crippen MR) is 88.6 cm³/mol. The fourth-order valence-electron chi connectivity index (χ4n) is 2.79. The van der Waals surface area contributed by atoms with E-state index in [2.05, 4.69) is 17.1 Å². The minimum Gasteiger partial charge on any atom is -0.322 e. The number of fused-ring (bicyclic) bond motifs is 1. The number of carbonyl (C=O) groups excluding carboxylic acids is 1. The van der Waals surface area contributed by atoms with E-state index < -0.39 is 5.54 Å². The molecule has 4 nitrogen and oxygen atoms in total. The van der Waals surface area contributed by atoms with Crippen LogP contribution in [0.5, 0.6) is 0 Å². The highest BCUT2D eigenvalue weighted by Gasteiger charge is 2.21. The van der Waals surface area contributed by atoms with E-state index in [0.29, 0.717) is 6.42 Å². The fraction of sp³-hybridized carbons (Fsp3) is 0.333. The molecular formula is C18H21N3O. The molecule has 1 aliphatic rings. The molecule has 0 spiro atoms. The molecule has 1 aromatic heterocycles. The van der Waals surface area contributed by atoms with Crippen molar-refractivity contribution in [3.8, 4) is 11.1 Å². The van der Waals surface area contributed by atoms with Crippen molar-refractivity contribution in [2.45, 2.75) is 32.2 Å². The molecule has 2 N–H and O–H groups in total. The smallest absolute Gasteiger partial charge is 0.227 e. The van der Waals surface area contributed by atoms with Gasteiger partial charge in [-0.1, -0.05) is 6.07 Å². The van der Waals surface area contributed by atoms with Crippen LogP contribution in [0.2, 0.25) is 0 Å². The highest BCUT2D eigenvalue weighted by molar-refractivity contribution is 5.96. The average molecular weight is 295 g/mol. The third kappa shape index (κ3) is 2.62. The van der Waals surface area contributed by atoms with E-state index in [9.17, 15) is 4.79 Å². The molecule has 4 heteroatoms. The summed E-state index contributed by atoms with van der Waals surface area (Å²) in [6.07, 6.45) is 5.03. The van der Waals surface area contributed by atoms with Crippen LogP contribution in [0.25, 0.3) is 11.1 Å². The molecule has 0 aliphatic carbocycles. The maximum Gasteiger partial charge on any atom is 0.227 e. The van der Waals surface area contributed by atoms with Gasteiger partial charge in [-0.3, -0.25) is 9.78 Å². The molecule has 0 atom stereocenters. The quantitative estimate of drug-likeness (QED) is 0.926. The van der Waals surface area contributed by atoms with E-state index >= 15 is 0 Å². The van der Waals surface area contributed by atoms with Crippen molar-refractivity contribution in [2.24, 2.45) is 5.73 Å². The van der Waals surface area contributed by atoms with Crippen molar-refractivity contribution in [1.82, 2.24) is 4.98 Å². The van der Waals surface area contributed by atoms with E-state index in [1.807, 2.05) is 45.4 Å². The summed E-state index contributed by atoms with van der Waals surface area (Å²) >= 11 is 0. The summed E-state index contributed by atoms with van der Waals surface area (Å²) in [6.45, 7) is 3.95. The number of nitrogens with zero attached hydrogens (tertiary/aromatic N) is 2. The minimum absolute atomic E-state index is 0.175. The van der Waals surface area contributed by atoms with Crippen molar-refractivity contribution in [3.05, 3.63) is 47.8 Å². The predicted octanol–water partition coefficient (Wildman–Crippen LogP) is 2.85. The van der Waals surface area contributed by atoms with Gasteiger partial charge in [0.2, 0.25) is 5.91 Å². The second kappa shape index (κ2) is 5.21. The number of nitrogens with two attached hydrogens (primary N) is 1. The lowest BCUT2D eigenvalue weighted by atomic mass is 9.93. The summed E-state index contributed by atoms with van der Waals surface area (Å²) in [5.41, 5.74) is 11.1. The fourth-order valence-corrected chi connectivity index (χ4v) is 2.79. The number of aryl methyl sites for hydroxylation is 1. The number of benzene rings is 1. The molecule has 2 heterocycles. The molecule has 0 unspecified atom stereocenters. The minimum atomic E-state index is -0.413. The van der Waals surface area contributed by atoms with Crippen molar-refractivity contribution >= 4 is 11.6 Å². The van der Waals surface area contributed by atoms with E-state index in [1.165, 1.54) is 5.56 Å². The lowest BCUT2D eigenvalue weighted by molar-refractivity contribution is -0.118. The van der Waals surface area contributed by atoms with Crippen LogP contribution in [-0.2, 0) is 16.8 Å². The number of carbonyl (C=O) groups is 1. The molecule has 1 aromatic carbocycles. The van der Waals surface area contributed by atoms with Crippen LogP contribution in [0.3, 0.4) is 0 Å². The molecule has 1 amide bonds. The average Bonchev–Trinajstić information content (AvgIpc) is 2.50. The summed E-state index contributed by atoms with van der Waals surface area (Å²) in [5.74, 6) is 0.175. The molecule has 0 radical (unpaired) electrons. The second-order valence-electron chi connectivity index (χ2n) is 6.48. The Morgan fingerprint density at radius 3 is 2.64 bits per heavy atom. The summed E-state index contributed by atoms with van der Waals surface area (Å²) < 4.78 is 0. The number of pyridine rings is 1. The van der Waals surface area contributed by atoms with E-state index in [0.717, 1.165) is 28.8 Å². The number of amides is 1. The number of rotatable bonds is 2. The molecule has 0 saturated carbocycles. The Hall–Kier alpha value is -2.20. The highest BCUT2D eigenvalue weighted by Crippen LogP contribution is 2.32. The normalized spacial score (nSPS) is 14.9. The van der Waals surface area contributed by atoms with Crippen LogP contribution in [0.15, 0.2) is 36.7 Å². The number of aromatic nitrogens is 1. The van der Waals surface area contributed by atoms with Crippen molar-refractivity contribution < 1.29 is 4.79 Å². The summed E-state index contributed by atoms with van der Waals surface area (Å²) in [4.78, 5) is 17.8. The third-order valence-electron chi connectivity index (χ3n) is 4.24. The molecule has 114 valence electrons. The lowest BCUT2D eigenvalue weighted by Gasteiger charge is -2.26. The van der Waals surface area contributed by atoms with Gasteiger partial charge in [0.1, 0.15) is 0 Å². The number of hydrogen-bond donors (Lipinski definition) is 1. The van der Waals surface area contributed by atoms with Gasteiger partial charge in [-0.2, -0.15) is 0 Å². The molecule has 1 aliphatic heterocycles. The van der Waals surface area contributed by atoms with Crippen molar-refractivity contribution in [1.29, 1.82) is 0 Å². The molecule has 2 aromatic rings. The Bertz CT molecular complexity index is 731. The van der Waals surface area contributed by atoms with Crippen LogP contribution in [0, 0.1) is 0 Å². The summed E-state index contributed by atoms with van der Waals surface area (Å²) in [7, 11) is 1.83. The van der Waals surface area contributed by atoms with Crippen LogP contribution in [0.4, 0.5) is 5.69 Å². The Labute approximate surface area is 131 Å². The van der Waals surface area contributed by atoms with Crippen molar-refractivity contribution in [3.63, 3.8) is 0 Å². The molecular weight excluding hydrogens is 274 g/mol. The first-order valence-electron chi connectivity index (χ1n) is 7.50. The molecule has 22 heavy (non-hydrogen) atoms. The Kier molecular flexibility index (Phi) is 3.49. The van der Waals surface area contributed by atoms with Crippen LogP contribution < -0.4 is 10.6 Å². The number of hydrogen-bond acceptors (Lipinski definition) is 3. The third-order valence-corrected chi connectivity index (χ3v) is 4.24. The van der Waals surface area contributed by atoms with E-state index in [1.54, 1.807) is 4.90 Å². The standard InChI is InChI=1S/C18H21N3O/c1-18(2,19)15-9-14(10-20-11-15)12-4-6-16-13(8-12)5-7-17(22)21(16)3/h4,6,8-11H,5,7,19H2,1-3H3. The second-order valence-corrected chi connectivity index (χ2v) is 6.48. The topological polar surface area (TPSA) is 59.2 Å². The van der Waals surface area contributed by atoms with E-state index in [-0.39, 0.29) is 5.91 Å². The first-order valence-corrected chi connectivity index (χ1v) is 7.50. The van der Waals surface area contributed by atoms with Gasteiger partial charge in [0.25, 0.3) is 0 Å². The van der Waals surface area contributed by atoms with Gasteiger partial charge in [-0.15, -0.1) is 0 Å². The Morgan fingerprint density at radius 1 is 1.14 bits per heavy atom. The first-order chi connectivity index (χ1) is 10.4. The van der Waals surface area contributed by atoms with Crippen LogP contribution in [-0.4, -0.2) is 17.9 Å². The van der Waals surface area contributed by atoms with Crippen LogP contribution in [0.1, 0.15) is 31.4 Å². The summed E-state index contributed by atoms with van der Waals surface area (Å²) in [5, 5.41) is 0. The van der Waals surface area contributed by atoms with Gasteiger partial charge in [0.05, 0.1) is 0 Å². The van der Waals surface area contributed by atoms with Crippen LogP contribution >= 0.6 is 0 Å². The zero-order chi connectivity index (χ0) is 15.9. The van der Waals surface area contributed by atoms with Crippen molar-refractivity contribution in [2.75, 3.05) is 11.9 Å². The zero-order valence-corrected chi connectivity index (χ0v) is 13.3. The lowest BCUT2D eigenvalue weighted by Crippen LogP contribution is -2.31. The van der Waals surface area contributed by atoms with Gasteiger partial charge < -0.3 is 10.6 Å². The molecule has 3 rings (SSSR count). The monoisotopic (exact) mass is 295 g/mol. The molecule has 0 saturated heterocycles. The first kappa shape index (κ1) is 14.7. The highest BCUT2D eigenvalue weighted by atomic mass is 16.2. The van der Waals surface area contributed by atoms with Gasteiger partial charge >= 0.3 is 0 Å². The van der Waals surface area contributed by atoms with Gasteiger partial charge in [-0.25, -0.2) is 0 Å². The number of anilines is 1. The Morgan fingerprint density at radius 2 is 1.91 bits per heavy atom. The van der Waals surface area contributed by atoms with E-state index in [4.69, 9.17) is 5.73 Å². The van der Waals surface area contributed by atoms with Gasteiger partial charge in [0, 0.05) is 42.7 Å². The van der Waals surface area contributed by atoms with Gasteiger partial charge in [-0.05, 0) is 55.2 Å².